The molecule has 3 N–H and O–H groups in total. The van der Waals surface area contributed by atoms with Crippen LogP contribution in [-0.2, 0) is 22.5 Å². The lowest BCUT2D eigenvalue weighted by Gasteiger charge is -2.17. The van der Waals surface area contributed by atoms with Crippen molar-refractivity contribution in [1.82, 2.24) is 20.3 Å². The van der Waals surface area contributed by atoms with Crippen molar-refractivity contribution in [2.75, 3.05) is 6.61 Å². The third kappa shape index (κ3) is 5.71. The number of imidazole rings is 1. The van der Waals surface area contributed by atoms with Crippen LogP contribution >= 0.6 is 0 Å². The van der Waals surface area contributed by atoms with E-state index < -0.39 is 18.1 Å². The monoisotopic (exact) mass is 474 g/mol. The number of alkyl carbamates (subject to hydrolysis) is 1. The number of aromatic amines is 2. The summed E-state index contributed by atoms with van der Waals surface area (Å²) in [5.74, 6) is -0.00989. The summed E-state index contributed by atoms with van der Waals surface area (Å²) in [4.78, 5) is 36.4. The second-order valence-corrected chi connectivity index (χ2v) is 8.58. The normalized spacial score (nSPS) is 12.0. The van der Waals surface area contributed by atoms with Crippen LogP contribution in [0.5, 0.6) is 0 Å². The van der Waals surface area contributed by atoms with Crippen molar-refractivity contribution >= 4 is 23.0 Å². The Hall–Kier alpha value is -4.07. The molecule has 182 valence electrons. The molecule has 0 spiro atoms. The van der Waals surface area contributed by atoms with Crippen LogP contribution in [-0.4, -0.2) is 33.6 Å². The number of benzene rings is 2. The average Bonchev–Trinajstić information content (AvgIpc) is 3.48. The van der Waals surface area contributed by atoms with Gasteiger partial charge in [0.05, 0.1) is 18.3 Å². The molecule has 0 bridgehead atoms. The lowest BCUT2D eigenvalue weighted by Crippen LogP contribution is -2.31. The number of hydrogen-bond acceptors (Lipinski definition) is 5. The number of aromatic nitrogens is 3. The van der Waals surface area contributed by atoms with E-state index in [1.165, 1.54) is 0 Å². The molecule has 8 heteroatoms. The first-order valence-corrected chi connectivity index (χ1v) is 11.7. The summed E-state index contributed by atoms with van der Waals surface area (Å²) in [5, 5.41) is 3.99. The van der Waals surface area contributed by atoms with Crippen LogP contribution in [0.15, 0.2) is 60.8 Å². The van der Waals surface area contributed by atoms with E-state index >= 15 is 0 Å². The summed E-state index contributed by atoms with van der Waals surface area (Å²) in [6, 6.07) is 16.9. The zero-order valence-electron chi connectivity index (χ0n) is 20.1. The summed E-state index contributed by atoms with van der Waals surface area (Å²) in [7, 11) is 0. The summed E-state index contributed by atoms with van der Waals surface area (Å²) in [6.07, 6.45) is 1.80. The van der Waals surface area contributed by atoms with Gasteiger partial charge in [-0.25, -0.2) is 14.6 Å². The van der Waals surface area contributed by atoms with Crippen molar-refractivity contribution in [2.24, 2.45) is 0 Å². The van der Waals surface area contributed by atoms with E-state index in [0.717, 1.165) is 22.0 Å². The first-order chi connectivity index (χ1) is 17.0. The number of fused-ring (bicyclic) bond motifs is 1. The standard InChI is InChI=1S/C27H30N4O4/c1-4-34-26(32)24-23(17(2)3)30-25(31-24)22(14-19-15-28-21-13-9-8-12-20(19)21)29-27(33)35-16-18-10-6-5-7-11-18/h5-13,15,17,22,28H,4,14,16H2,1-3H3,(H,29,33)(H,30,31)/t22-/m1/s1. The van der Waals surface area contributed by atoms with E-state index in [1.54, 1.807) is 6.92 Å². The fourth-order valence-electron chi connectivity index (χ4n) is 3.99. The molecule has 2 heterocycles. The van der Waals surface area contributed by atoms with Crippen LogP contribution < -0.4 is 5.32 Å². The Balaban J connectivity index is 1.62. The number of carbonyl (C=O) groups excluding carboxylic acids is 2. The number of H-pyrrole nitrogens is 2. The summed E-state index contributed by atoms with van der Waals surface area (Å²) in [6.45, 7) is 6.09. The maximum absolute atomic E-state index is 12.8. The Labute approximate surface area is 204 Å². The smallest absolute Gasteiger partial charge is 0.408 e. The largest absolute Gasteiger partial charge is 0.461 e. The third-order valence-electron chi connectivity index (χ3n) is 5.73. The van der Waals surface area contributed by atoms with Gasteiger partial charge in [-0.15, -0.1) is 0 Å². The molecule has 4 rings (SSSR count). The molecule has 8 nitrogen and oxygen atoms in total. The number of hydrogen-bond donors (Lipinski definition) is 3. The summed E-state index contributed by atoms with van der Waals surface area (Å²) in [5.41, 5.74) is 3.80. The Morgan fingerprint density at radius 2 is 1.77 bits per heavy atom. The topological polar surface area (TPSA) is 109 Å². The number of ether oxygens (including phenoxy) is 2. The molecule has 0 unspecified atom stereocenters. The van der Waals surface area contributed by atoms with Crippen LogP contribution in [0.2, 0.25) is 0 Å². The number of carbonyl (C=O) groups is 2. The zero-order chi connectivity index (χ0) is 24.8. The molecule has 0 saturated heterocycles. The Morgan fingerprint density at radius 1 is 1.03 bits per heavy atom. The molecule has 1 atom stereocenters. The van der Waals surface area contributed by atoms with Crippen LogP contribution in [0.1, 0.15) is 65.9 Å². The molecular weight excluding hydrogens is 444 g/mol. The van der Waals surface area contributed by atoms with E-state index in [-0.39, 0.29) is 24.8 Å². The Kier molecular flexibility index (Phi) is 7.50. The van der Waals surface area contributed by atoms with Gasteiger partial charge in [0, 0.05) is 23.5 Å². The second kappa shape index (κ2) is 10.9. The van der Waals surface area contributed by atoms with Crippen molar-refractivity contribution in [2.45, 2.75) is 45.8 Å². The summed E-state index contributed by atoms with van der Waals surface area (Å²) < 4.78 is 10.7. The van der Waals surface area contributed by atoms with Crippen molar-refractivity contribution in [3.05, 3.63) is 89.1 Å². The highest BCUT2D eigenvalue weighted by atomic mass is 16.5. The van der Waals surface area contributed by atoms with Gasteiger partial charge < -0.3 is 24.8 Å². The van der Waals surface area contributed by atoms with Gasteiger partial charge >= 0.3 is 12.1 Å². The minimum absolute atomic E-state index is 0.00873. The number of amides is 1. The molecule has 4 aromatic rings. The molecule has 0 saturated carbocycles. The Bertz CT molecular complexity index is 1290. The van der Waals surface area contributed by atoms with Crippen LogP contribution in [0.4, 0.5) is 4.79 Å². The highest BCUT2D eigenvalue weighted by molar-refractivity contribution is 5.89. The number of para-hydroxylation sites is 1. The Morgan fingerprint density at radius 3 is 2.51 bits per heavy atom. The van der Waals surface area contributed by atoms with Gasteiger partial charge in [0.15, 0.2) is 5.69 Å². The predicted molar refractivity (Wildman–Crippen MR) is 133 cm³/mol. The fraction of sp³-hybridized carbons (Fsp3) is 0.296. The zero-order valence-corrected chi connectivity index (χ0v) is 20.1. The van der Waals surface area contributed by atoms with Gasteiger partial charge in [0.2, 0.25) is 0 Å². The first kappa shape index (κ1) is 24.1. The fourth-order valence-corrected chi connectivity index (χ4v) is 3.99. The molecule has 0 fully saturated rings. The second-order valence-electron chi connectivity index (χ2n) is 8.58. The van der Waals surface area contributed by atoms with Crippen molar-refractivity contribution in [3.8, 4) is 0 Å². The van der Waals surface area contributed by atoms with Crippen LogP contribution in [0.3, 0.4) is 0 Å². The van der Waals surface area contributed by atoms with Crippen LogP contribution in [0, 0.1) is 0 Å². The highest BCUT2D eigenvalue weighted by Crippen LogP contribution is 2.26. The lowest BCUT2D eigenvalue weighted by atomic mass is 10.0. The van der Waals surface area contributed by atoms with Gasteiger partial charge in [-0.3, -0.25) is 0 Å². The summed E-state index contributed by atoms with van der Waals surface area (Å²) >= 11 is 0. The van der Waals surface area contributed by atoms with Gasteiger partial charge in [-0.05, 0) is 30.0 Å². The molecule has 2 aromatic carbocycles. The van der Waals surface area contributed by atoms with E-state index in [2.05, 4.69) is 20.3 Å². The van der Waals surface area contributed by atoms with Gasteiger partial charge in [-0.1, -0.05) is 62.4 Å². The quantitative estimate of drug-likeness (QED) is 0.281. The van der Waals surface area contributed by atoms with E-state index in [1.807, 2.05) is 74.6 Å². The lowest BCUT2D eigenvalue weighted by molar-refractivity contribution is 0.0518. The van der Waals surface area contributed by atoms with E-state index in [0.29, 0.717) is 17.9 Å². The number of rotatable bonds is 9. The molecule has 1 amide bonds. The molecule has 35 heavy (non-hydrogen) atoms. The number of esters is 1. The predicted octanol–water partition coefficient (Wildman–Crippen LogP) is 5.40. The van der Waals surface area contributed by atoms with E-state index in [9.17, 15) is 9.59 Å². The molecule has 0 aliphatic carbocycles. The van der Waals surface area contributed by atoms with Gasteiger partial charge in [0.25, 0.3) is 0 Å². The van der Waals surface area contributed by atoms with Crippen LogP contribution in [0.25, 0.3) is 10.9 Å². The maximum Gasteiger partial charge on any atom is 0.408 e. The van der Waals surface area contributed by atoms with Gasteiger partial charge in [-0.2, -0.15) is 0 Å². The highest BCUT2D eigenvalue weighted by Gasteiger charge is 2.27. The molecule has 0 aliphatic rings. The minimum atomic E-state index is -0.570. The van der Waals surface area contributed by atoms with Crippen molar-refractivity contribution in [1.29, 1.82) is 0 Å². The average molecular weight is 475 g/mol. The first-order valence-electron chi connectivity index (χ1n) is 11.7. The van der Waals surface area contributed by atoms with Crippen molar-refractivity contribution < 1.29 is 19.1 Å². The van der Waals surface area contributed by atoms with Crippen molar-refractivity contribution in [3.63, 3.8) is 0 Å². The van der Waals surface area contributed by atoms with Gasteiger partial charge in [0.1, 0.15) is 12.4 Å². The number of nitrogens with one attached hydrogen (secondary N) is 3. The number of nitrogens with zero attached hydrogens (tertiary/aromatic N) is 1. The minimum Gasteiger partial charge on any atom is -0.461 e. The molecular formula is C27H30N4O4. The SMILES string of the molecule is CCOC(=O)c1nc([C@@H](Cc2c[nH]c3ccccc23)NC(=O)OCc2ccccc2)[nH]c1C(C)C. The molecule has 2 aromatic heterocycles. The molecule has 0 radical (unpaired) electrons. The van der Waals surface area contributed by atoms with E-state index in [4.69, 9.17) is 9.47 Å². The maximum atomic E-state index is 12.8. The molecule has 0 aliphatic heterocycles. The third-order valence-corrected chi connectivity index (χ3v) is 5.73.